The van der Waals surface area contributed by atoms with Crippen molar-refractivity contribution in [2.45, 2.75) is 52.1 Å². The second kappa shape index (κ2) is 6.72. The Labute approximate surface area is 125 Å². The molecule has 0 aromatic heterocycles. The van der Waals surface area contributed by atoms with E-state index in [0.717, 1.165) is 12.8 Å². The Hall–Kier alpha value is -1.88. The van der Waals surface area contributed by atoms with Gasteiger partial charge in [-0.05, 0) is 57.9 Å². The molecule has 1 aliphatic rings. The van der Waals surface area contributed by atoms with Gasteiger partial charge in [-0.25, -0.2) is 9.80 Å². The Kier molecular flexibility index (Phi) is 4.96. The van der Waals surface area contributed by atoms with Crippen LogP contribution < -0.4 is 10.7 Å². The summed E-state index contributed by atoms with van der Waals surface area (Å²) in [7, 11) is 0. The number of nitrogens with one attached hydrogen (secondary N) is 2. The number of nitrogens with zero attached hydrogens (tertiary/aromatic N) is 1. The lowest BCUT2D eigenvalue weighted by Gasteiger charge is -2.38. The first-order valence-corrected chi connectivity index (χ1v) is 7.44. The Bertz CT molecular complexity index is 503. The van der Waals surface area contributed by atoms with Gasteiger partial charge in [0.2, 0.25) is 0 Å². The van der Waals surface area contributed by atoms with Crippen molar-refractivity contribution < 1.29 is 9.59 Å². The van der Waals surface area contributed by atoms with Crippen molar-refractivity contribution in [2.24, 2.45) is 0 Å². The van der Waals surface area contributed by atoms with Crippen LogP contribution in [0.4, 0.5) is 10.5 Å². The van der Waals surface area contributed by atoms with Crippen molar-refractivity contribution in [1.29, 1.82) is 0 Å². The summed E-state index contributed by atoms with van der Waals surface area (Å²) in [5.74, 6) is 0.0157. The van der Waals surface area contributed by atoms with Crippen molar-refractivity contribution in [3.8, 4) is 0 Å². The number of amides is 2. The number of rotatable bonds is 3. The SMILES string of the molecule is CC(=O)c1ccc(NC(=O)NN2C(C)CCCC2C)cc1. The van der Waals surface area contributed by atoms with Gasteiger partial charge in [-0.1, -0.05) is 6.42 Å². The van der Waals surface area contributed by atoms with Gasteiger partial charge >= 0.3 is 6.03 Å². The third-order valence-electron chi connectivity index (χ3n) is 3.97. The quantitative estimate of drug-likeness (QED) is 0.840. The van der Waals surface area contributed by atoms with Gasteiger partial charge < -0.3 is 5.32 Å². The molecule has 0 spiro atoms. The number of Topliss-reactive ketones (excluding diaryl/α,β-unsaturated/α-hetero) is 1. The highest BCUT2D eigenvalue weighted by Crippen LogP contribution is 2.20. The van der Waals surface area contributed by atoms with Crippen molar-refractivity contribution >= 4 is 17.5 Å². The van der Waals surface area contributed by atoms with E-state index in [4.69, 9.17) is 0 Å². The zero-order chi connectivity index (χ0) is 15.4. The highest BCUT2D eigenvalue weighted by atomic mass is 16.2. The van der Waals surface area contributed by atoms with Crippen LogP contribution in [0.5, 0.6) is 0 Å². The van der Waals surface area contributed by atoms with Crippen LogP contribution in [-0.4, -0.2) is 28.9 Å². The molecule has 1 saturated heterocycles. The third kappa shape index (κ3) is 4.04. The molecule has 0 bridgehead atoms. The molecule has 2 N–H and O–H groups in total. The number of carbonyl (C=O) groups excluding carboxylic acids is 2. The Balaban J connectivity index is 1.93. The predicted octanol–water partition coefficient (Wildman–Crippen LogP) is 3.19. The molecule has 0 radical (unpaired) electrons. The lowest BCUT2D eigenvalue weighted by molar-refractivity contribution is 0.0625. The van der Waals surface area contributed by atoms with E-state index in [-0.39, 0.29) is 11.8 Å². The number of ketones is 1. The summed E-state index contributed by atoms with van der Waals surface area (Å²) in [6.45, 7) is 5.77. The number of benzene rings is 1. The molecule has 114 valence electrons. The highest BCUT2D eigenvalue weighted by Gasteiger charge is 2.25. The molecule has 5 nitrogen and oxygen atoms in total. The summed E-state index contributed by atoms with van der Waals surface area (Å²) in [4.78, 5) is 23.3. The van der Waals surface area contributed by atoms with Gasteiger partial charge in [0.25, 0.3) is 0 Å². The van der Waals surface area contributed by atoms with E-state index in [9.17, 15) is 9.59 Å². The fourth-order valence-electron chi connectivity index (χ4n) is 2.71. The molecular formula is C16H23N3O2. The second-order valence-corrected chi connectivity index (χ2v) is 5.74. The van der Waals surface area contributed by atoms with Gasteiger partial charge in [-0.15, -0.1) is 0 Å². The van der Waals surface area contributed by atoms with Crippen LogP contribution in [0, 0.1) is 0 Å². The summed E-state index contributed by atoms with van der Waals surface area (Å²) in [5.41, 5.74) is 4.23. The fourth-order valence-corrected chi connectivity index (χ4v) is 2.71. The van der Waals surface area contributed by atoms with Crippen LogP contribution in [0.25, 0.3) is 0 Å². The lowest BCUT2D eigenvalue weighted by Crippen LogP contribution is -2.55. The normalized spacial score (nSPS) is 22.6. The van der Waals surface area contributed by atoms with Crippen LogP contribution in [0.3, 0.4) is 0 Å². The number of piperidine rings is 1. The van der Waals surface area contributed by atoms with Crippen LogP contribution in [-0.2, 0) is 0 Å². The van der Waals surface area contributed by atoms with E-state index < -0.39 is 0 Å². The van der Waals surface area contributed by atoms with Gasteiger partial charge in [0.05, 0.1) is 0 Å². The molecule has 1 heterocycles. The highest BCUT2D eigenvalue weighted by molar-refractivity contribution is 5.95. The number of anilines is 1. The van der Waals surface area contributed by atoms with Gasteiger partial charge in [0.1, 0.15) is 0 Å². The van der Waals surface area contributed by atoms with E-state index in [2.05, 4.69) is 24.6 Å². The minimum absolute atomic E-state index is 0.0157. The summed E-state index contributed by atoms with van der Waals surface area (Å²) in [6, 6.07) is 7.35. The zero-order valence-corrected chi connectivity index (χ0v) is 12.8. The van der Waals surface area contributed by atoms with E-state index >= 15 is 0 Å². The van der Waals surface area contributed by atoms with Crippen LogP contribution in [0.2, 0.25) is 0 Å². The summed E-state index contributed by atoms with van der Waals surface area (Å²) in [5, 5.41) is 4.81. The molecule has 1 fully saturated rings. The van der Waals surface area contributed by atoms with Crippen LogP contribution >= 0.6 is 0 Å². The van der Waals surface area contributed by atoms with E-state index in [1.165, 1.54) is 13.3 Å². The minimum Gasteiger partial charge on any atom is -0.307 e. The molecule has 0 saturated carbocycles. The van der Waals surface area contributed by atoms with Crippen LogP contribution in [0.1, 0.15) is 50.4 Å². The van der Waals surface area contributed by atoms with E-state index in [0.29, 0.717) is 23.3 Å². The monoisotopic (exact) mass is 289 g/mol. The van der Waals surface area contributed by atoms with Crippen molar-refractivity contribution in [2.75, 3.05) is 5.32 Å². The molecule has 21 heavy (non-hydrogen) atoms. The van der Waals surface area contributed by atoms with Gasteiger partial charge in [-0.3, -0.25) is 10.2 Å². The molecule has 1 aliphatic heterocycles. The largest absolute Gasteiger partial charge is 0.333 e. The van der Waals surface area contributed by atoms with Crippen molar-refractivity contribution in [3.63, 3.8) is 0 Å². The van der Waals surface area contributed by atoms with Gasteiger partial charge in [0.15, 0.2) is 5.78 Å². The minimum atomic E-state index is -0.244. The number of hydrazine groups is 1. The third-order valence-corrected chi connectivity index (χ3v) is 3.97. The molecule has 0 aliphatic carbocycles. The first kappa shape index (κ1) is 15.5. The number of hydrogen-bond acceptors (Lipinski definition) is 3. The molecule has 1 aromatic rings. The summed E-state index contributed by atoms with van der Waals surface area (Å²) < 4.78 is 0. The van der Waals surface area contributed by atoms with Crippen molar-refractivity contribution in [1.82, 2.24) is 10.4 Å². The fraction of sp³-hybridized carbons (Fsp3) is 0.500. The lowest BCUT2D eigenvalue weighted by atomic mass is 10.00. The van der Waals surface area contributed by atoms with Crippen LogP contribution in [0.15, 0.2) is 24.3 Å². The standard InChI is InChI=1S/C16H23N3O2/c1-11-5-4-6-12(2)19(11)18-16(21)17-15-9-7-14(8-10-15)13(3)20/h7-12H,4-6H2,1-3H3,(H2,17,18,21). The van der Waals surface area contributed by atoms with E-state index in [1.54, 1.807) is 24.3 Å². The van der Waals surface area contributed by atoms with Gasteiger partial charge in [0, 0.05) is 23.3 Å². The average Bonchev–Trinajstić information content (AvgIpc) is 2.43. The molecule has 2 unspecified atom stereocenters. The maximum Gasteiger partial charge on any atom is 0.333 e. The maximum absolute atomic E-state index is 12.1. The zero-order valence-electron chi connectivity index (χ0n) is 12.8. The molecule has 2 atom stereocenters. The number of hydrogen-bond donors (Lipinski definition) is 2. The molecule has 2 rings (SSSR count). The predicted molar refractivity (Wildman–Crippen MR) is 83.2 cm³/mol. The topological polar surface area (TPSA) is 61.4 Å². The molecular weight excluding hydrogens is 266 g/mol. The molecule has 1 aromatic carbocycles. The first-order chi connectivity index (χ1) is 9.97. The molecule has 5 heteroatoms. The number of urea groups is 1. The smallest absolute Gasteiger partial charge is 0.307 e. The Morgan fingerprint density at radius 3 is 2.19 bits per heavy atom. The number of carbonyl (C=O) groups is 2. The Morgan fingerprint density at radius 1 is 1.10 bits per heavy atom. The molecule has 2 amide bonds. The van der Waals surface area contributed by atoms with Crippen molar-refractivity contribution in [3.05, 3.63) is 29.8 Å². The first-order valence-electron chi connectivity index (χ1n) is 7.44. The average molecular weight is 289 g/mol. The summed E-state index contributed by atoms with van der Waals surface area (Å²) >= 11 is 0. The Morgan fingerprint density at radius 2 is 1.67 bits per heavy atom. The van der Waals surface area contributed by atoms with Gasteiger partial charge in [-0.2, -0.15) is 0 Å². The summed E-state index contributed by atoms with van der Waals surface area (Å²) in [6.07, 6.45) is 3.39. The maximum atomic E-state index is 12.1. The van der Waals surface area contributed by atoms with E-state index in [1.807, 2.05) is 5.01 Å². The second-order valence-electron chi connectivity index (χ2n) is 5.74.